The third kappa shape index (κ3) is 2.64. The van der Waals surface area contributed by atoms with Crippen LogP contribution in [-0.2, 0) is 0 Å². The molecule has 2 aliphatic rings. The number of fused-ring (bicyclic) bond motifs is 16. The Morgan fingerprint density at radius 2 is 0.692 bits per heavy atom. The highest BCUT2D eigenvalue weighted by atomic mass is 14.5. The summed E-state index contributed by atoms with van der Waals surface area (Å²) in [4.78, 5) is 0. The summed E-state index contributed by atoms with van der Waals surface area (Å²) < 4.78 is 0. The van der Waals surface area contributed by atoms with E-state index >= 15 is 0 Å². The van der Waals surface area contributed by atoms with Crippen LogP contribution in [0.5, 0.6) is 0 Å². The van der Waals surface area contributed by atoms with Crippen molar-refractivity contribution in [1.29, 1.82) is 0 Å². The van der Waals surface area contributed by atoms with Gasteiger partial charge in [0, 0.05) is 11.8 Å². The maximum atomic E-state index is 2.47. The quantitative estimate of drug-likeness (QED) is 0.185. The Morgan fingerprint density at radius 3 is 1.10 bits per heavy atom. The first kappa shape index (κ1) is 20.3. The maximum absolute atomic E-state index is 2.47. The standard InChI is InChI=1S/C39H24/c1-3-7-24-15-30-19-34-26(17-28(30)13-22(24)5-1)9-11-32-37-21-36(38(32)34)33-12-10-27-18-29-14-23-6-2-4-8-25(23)16-31(29)20-35(27)39(33)37/h1-20,36-37H,21H2. The highest BCUT2D eigenvalue weighted by Crippen LogP contribution is 2.60. The van der Waals surface area contributed by atoms with Crippen LogP contribution < -0.4 is 0 Å². The summed E-state index contributed by atoms with van der Waals surface area (Å²) in [7, 11) is 0. The minimum absolute atomic E-state index is 0.485. The molecule has 0 saturated carbocycles. The first-order valence-corrected chi connectivity index (χ1v) is 14.1. The molecule has 0 heteroatoms. The molecular formula is C39H24. The van der Waals surface area contributed by atoms with Crippen molar-refractivity contribution in [3.8, 4) is 0 Å². The fourth-order valence-electron chi connectivity index (χ4n) is 8.03. The zero-order valence-corrected chi connectivity index (χ0v) is 21.4. The van der Waals surface area contributed by atoms with E-state index < -0.39 is 0 Å². The van der Waals surface area contributed by atoms with E-state index in [1.165, 1.54) is 71.1 Å². The minimum Gasteiger partial charge on any atom is -0.0616 e. The van der Waals surface area contributed by atoms with Gasteiger partial charge in [-0.15, -0.1) is 0 Å². The Labute approximate surface area is 226 Å². The van der Waals surface area contributed by atoms with Gasteiger partial charge in [-0.1, -0.05) is 72.8 Å². The third-order valence-corrected chi connectivity index (χ3v) is 9.75. The Balaban J connectivity index is 1.20. The van der Waals surface area contributed by atoms with E-state index in [9.17, 15) is 0 Å². The molecule has 10 rings (SSSR count). The topological polar surface area (TPSA) is 0 Å². The molecule has 0 aromatic heterocycles. The lowest BCUT2D eigenvalue weighted by molar-refractivity contribution is 0.799. The predicted octanol–water partition coefficient (Wildman–Crippen LogP) is 10.6. The lowest BCUT2D eigenvalue weighted by Crippen LogP contribution is -2.04. The fourth-order valence-corrected chi connectivity index (χ4v) is 8.03. The van der Waals surface area contributed by atoms with Crippen LogP contribution in [0.2, 0.25) is 0 Å². The molecular weight excluding hydrogens is 468 g/mol. The van der Waals surface area contributed by atoms with Crippen LogP contribution in [0, 0.1) is 0 Å². The van der Waals surface area contributed by atoms with Crippen molar-refractivity contribution in [3.05, 3.63) is 144 Å². The SMILES string of the molecule is c1ccc2cc3cc4c5c(ccc4cc3cc2c1)C1CC5c2ccc3cc4cc5ccccc5cc4cc3c21. The zero-order chi connectivity index (χ0) is 25.2. The molecule has 2 aliphatic carbocycles. The number of rotatable bonds is 0. The van der Waals surface area contributed by atoms with Gasteiger partial charge in [-0.05, 0) is 142 Å². The van der Waals surface area contributed by atoms with Crippen molar-refractivity contribution in [2.24, 2.45) is 0 Å². The molecule has 0 aliphatic heterocycles. The van der Waals surface area contributed by atoms with Crippen molar-refractivity contribution in [2.45, 2.75) is 18.3 Å². The van der Waals surface area contributed by atoms with Gasteiger partial charge < -0.3 is 0 Å². The Kier molecular flexibility index (Phi) is 3.66. The van der Waals surface area contributed by atoms with Crippen LogP contribution in [0.25, 0.3) is 64.6 Å². The summed E-state index contributed by atoms with van der Waals surface area (Å²) in [6.07, 6.45) is 1.20. The van der Waals surface area contributed by atoms with E-state index in [1.807, 2.05) is 0 Å². The maximum Gasteiger partial charge on any atom is 0.0111 e. The minimum atomic E-state index is 0.485. The summed E-state index contributed by atoms with van der Waals surface area (Å²) in [5.74, 6) is 0.969. The van der Waals surface area contributed by atoms with Crippen LogP contribution >= 0.6 is 0 Å². The second kappa shape index (κ2) is 7.04. The average Bonchev–Trinajstić information content (AvgIpc) is 3.54. The molecule has 0 N–H and O–H groups in total. The number of hydrogen-bond donors (Lipinski definition) is 0. The molecule has 0 radical (unpaired) electrons. The van der Waals surface area contributed by atoms with E-state index in [2.05, 4.69) is 121 Å². The molecule has 8 aromatic rings. The zero-order valence-electron chi connectivity index (χ0n) is 21.4. The normalized spacial score (nSPS) is 17.6. The number of hydrogen-bond acceptors (Lipinski definition) is 0. The molecule has 2 atom stereocenters. The molecule has 8 aromatic carbocycles. The highest BCUT2D eigenvalue weighted by Gasteiger charge is 2.43. The van der Waals surface area contributed by atoms with Gasteiger partial charge in [0.15, 0.2) is 0 Å². The summed E-state index contributed by atoms with van der Waals surface area (Å²) >= 11 is 0. The Bertz CT molecular complexity index is 2200. The third-order valence-electron chi connectivity index (χ3n) is 9.75. The van der Waals surface area contributed by atoms with Crippen LogP contribution in [-0.4, -0.2) is 0 Å². The van der Waals surface area contributed by atoms with Gasteiger partial charge in [0.05, 0.1) is 0 Å². The highest BCUT2D eigenvalue weighted by molar-refractivity contribution is 6.08. The lowest BCUT2D eigenvalue weighted by Gasteiger charge is -2.23. The molecule has 0 fully saturated rings. The van der Waals surface area contributed by atoms with Crippen molar-refractivity contribution < 1.29 is 0 Å². The summed E-state index contributed by atoms with van der Waals surface area (Å²) in [6.45, 7) is 0. The van der Waals surface area contributed by atoms with Crippen LogP contribution in [0.4, 0.5) is 0 Å². The molecule has 2 unspecified atom stereocenters. The van der Waals surface area contributed by atoms with Crippen molar-refractivity contribution in [2.75, 3.05) is 0 Å². The van der Waals surface area contributed by atoms with Gasteiger partial charge in [-0.3, -0.25) is 0 Å². The molecule has 180 valence electrons. The summed E-state index contributed by atoms with van der Waals surface area (Å²) in [5, 5.41) is 16.2. The van der Waals surface area contributed by atoms with Crippen molar-refractivity contribution in [1.82, 2.24) is 0 Å². The van der Waals surface area contributed by atoms with Crippen LogP contribution in [0.3, 0.4) is 0 Å². The monoisotopic (exact) mass is 492 g/mol. The molecule has 0 nitrogen and oxygen atoms in total. The Morgan fingerprint density at radius 1 is 0.333 bits per heavy atom. The molecule has 0 heterocycles. The van der Waals surface area contributed by atoms with Crippen LogP contribution in [0.15, 0.2) is 121 Å². The van der Waals surface area contributed by atoms with Gasteiger partial charge in [-0.2, -0.15) is 0 Å². The van der Waals surface area contributed by atoms with E-state index in [0.29, 0.717) is 11.8 Å². The molecule has 0 amide bonds. The molecule has 0 spiro atoms. The van der Waals surface area contributed by atoms with Crippen molar-refractivity contribution in [3.63, 3.8) is 0 Å². The van der Waals surface area contributed by atoms with Gasteiger partial charge >= 0.3 is 0 Å². The van der Waals surface area contributed by atoms with Gasteiger partial charge in [-0.25, -0.2) is 0 Å². The fraction of sp³-hybridized carbons (Fsp3) is 0.0769. The van der Waals surface area contributed by atoms with Crippen molar-refractivity contribution >= 4 is 64.6 Å². The van der Waals surface area contributed by atoms with Gasteiger partial charge in [0.2, 0.25) is 0 Å². The predicted molar refractivity (Wildman–Crippen MR) is 166 cm³/mol. The Hall–Kier alpha value is -4.68. The van der Waals surface area contributed by atoms with Gasteiger partial charge in [0.25, 0.3) is 0 Å². The van der Waals surface area contributed by atoms with E-state index in [4.69, 9.17) is 0 Å². The van der Waals surface area contributed by atoms with E-state index in [-0.39, 0.29) is 0 Å². The number of benzene rings is 8. The second-order valence-electron chi connectivity index (χ2n) is 11.7. The first-order valence-electron chi connectivity index (χ1n) is 14.1. The molecule has 2 bridgehead atoms. The smallest absolute Gasteiger partial charge is 0.0111 e. The average molecular weight is 493 g/mol. The molecule has 39 heavy (non-hydrogen) atoms. The summed E-state index contributed by atoms with van der Waals surface area (Å²) in [6, 6.07) is 46.2. The first-order chi connectivity index (χ1) is 19.3. The van der Waals surface area contributed by atoms with E-state index in [0.717, 1.165) is 0 Å². The van der Waals surface area contributed by atoms with E-state index in [1.54, 1.807) is 22.3 Å². The largest absolute Gasteiger partial charge is 0.0616 e. The second-order valence-corrected chi connectivity index (χ2v) is 11.7. The molecule has 0 saturated heterocycles. The van der Waals surface area contributed by atoms with Gasteiger partial charge in [0.1, 0.15) is 0 Å². The van der Waals surface area contributed by atoms with Crippen LogP contribution in [0.1, 0.15) is 40.5 Å². The summed E-state index contributed by atoms with van der Waals surface area (Å²) in [5.41, 5.74) is 6.25. The lowest BCUT2D eigenvalue weighted by atomic mass is 9.80.